The van der Waals surface area contributed by atoms with Crippen LogP contribution >= 0.6 is 0 Å². The molecule has 3 amide bonds. The number of carbonyl (C=O) groups is 3. The van der Waals surface area contributed by atoms with Gasteiger partial charge in [0.15, 0.2) is 0 Å². The Bertz CT molecular complexity index is 1000. The molecule has 30 heavy (non-hydrogen) atoms. The predicted octanol–water partition coefficient (Wildman–Crippen LogP) is 3.37. The largest absolute Gasteiger partial charge is 0.326 e. The molecule has 6 heteroatoms. The van der Waals surface area contributed by atoms with E-state index in [9.17, 15) is 14.4 Å². The van der Waals surface area contributed by atoms with Gasteiger partial charge in [-0.3, -0.25) is 14.4 Å². The summed E-state index contributed by atoms with van der Waals surface area (Å²) in [4.78, 5) is 41.5. The summed E-state index contributed by atoms with van der Waals surface area (Å²) in [5.74, 6) is -0.121. The van der Waals surface area contributed by atoms with Crippen molar-refractivity contribution in [3.63, 3.8) is 0 Å². The van der Waals surface area contributed by atoms with Gasteiger partial charge in [-0.25, -0.2) is 0 Å². The highest BCUT2D eigenvalue weighted by Gasteiger charge is 2.37. The monoisotopic (exact) mass is 403 g/mol. The van der Waals surface area contributed by atoms with Crippen LogP contribution in [-0.2, 0) is 20.8 Å². The molecule has 0 unspecified atom stereocenters. The van der Waals surface area contributed by atoms with Crippen LogP contribution in [0.3, 0.4) is 0 Å². The van der Waals surface area contributed by atoms with Gasteiger partial charge in [-0.1, -0.05) is 24.6 Å². The van der Waals surface area contributed by atoms with Crippen LogP contribution < -0.4 is 15.1 Å². The second-order valence-corrected chi connectivity index (χ2v) is 8.44. The molecule has 6 nitrogen and oxygen atoms in total. The van der Waals surface area contributed by atoms with E-state index >= 15 is 0 Å². The van der Waals surface area contributed by atoms with E-state index < -0.39 is 0 Å². The topological polar surface area (TPSA) is 69.7 Å². The van der Waals surface area contributed by atoms with Gasteiger partial charge in [-0.05, 0) is 55.2 Å². The van der Waals surface area contributed by atoms with E-state index in [0.717, 1.165) is 48.3 Å². The zero-order valence-electron chi connectivity index (χ0n) is 16.8. The molecule has 2 aromatic rings. The van der Waals surface area contributed by atoms with Crippen LogP contribution in [0, 0.1) is 11.8 Å². The van der Waals surface area contributed by atoms with Crippen LogP contribution in [0.2, 0.25) is 0 Å². The third kappa shape index (κ3) is 3.36. The van der Waals surface area contributed by atoms with Crippen molar-refractivity contribution in [2.45, 2.75) is 32.1 Å². The Balaban J connectivity index is 1.29. The minimum atomic E-state index is -0.373. The molecule has 1 N–H and O–H groups in total. The molecule has 3 aliphatic rings. The Hall–Kier alpha value is -3.15. The van der Waals surface area contributed by atoms with Gasteiger partial charge in [0.2, 0.25) is 17.7 Å². The maximum absolute atomic E-state index is 12.7. The molecule has 1 saturated heterocycles. The second-order valence-electron chi connectivity index (χ2n) is 8.44. The molecule has 2 heterocycles. The van der Waals surface area contributed by atoms with Crippen LogP contribution in [0.5, 0.6) is 0 Å². The van der Waals surface area contributed by atoms with Crippen LogP contribution in [0.25, 0.3) is 0 Å². The molecule has 2 aromatic carbocycles. The molecule has 0 spiro atoms. The number of rotatable bonds is 4. The SMILES string of the molecule is O=C(Nc1ccccc1)[C@H]1CC(=O)N(c2ccc3c(c2)CCN3C(=O)C2CCC2)C1. The van der Waals surface area contributed by atoms with Gasteiger partial charge < -0.3 is 15.1 Å². The highest BCUT2D eigenvalue weighted by Crippen LogP contribution is 2.37. The minimum absolute atomic E-state index is 0.0384. The Labute approximate surface area is 175 Å². The molecule has 154 valence electrons. The molecule has 0 bridgehead atoms. The van der Waals surface area contributed by atoms with Crippen molar-refractivity contribution < 1.29 is 14.4 Å². The van der Waals surface area contributed by atoms with Gasteiger partial charge in [-0.15, -0.1) is 0 Å². The highest BCUT2D eigenvalue weighted by molar-refractivity contribution is 6.04. The van der Waals surface area contributed by atoms with Crippen molar-refractivity contribution in [2.24, 2.45) is 11.8 Å². The second kappa shape index (κ2) is 7.59. The summed E-state index contributed by atoms with van der Waals surface area (Å²) in [5, 5.41) is 2.90. The van der Waals surface area contributed by atoms with Gasteiger partial charge in [-0.2, -0.15) is 0 Å². The Kier molecular flexibility index (Phi) is 4.77. The standard InChI is InChI=1S/C24H25N3O3/c28-22-14-18(23(29)25-19-7-2-1-3-8-19)15-27(22)20-9-10-21-17(13-20)11-12-26(21)24(30)16-5-4-6-16/h1-3,7-10,13,16,18H,4-6,11-12,14-15H2,(H,25,29)/t18-/m0/s1. The molecular formula is C24H25N3O3. The van der Waals surface area contributed by atoms with E-state index in [1.807, 2.05) is 53.4 Å². The molecule has 1 saturated carbocycles. The summed E-state index contributed by atoms with van der Waals surface area (Å²) in [6.07, 6.45) is 4.16. The molecule has 0 radical (unpaired) electrons. The van der Waals surface area contributed by atoms with E-state index in [1.54, 1.807) is 4.90 Å². The summed E-state index contributed by atoms with van der Waals surface area (Å²) in [7, 11) is 0. The van der Waals surface area contributed by atoms with Gasteiger partial charge in [0.1, 0.15) is 0 Å². The zero-order valence-corrected chi connectivity index (χ0v) is 16.8. The lowest BCUT2D eigenvalue weighted by Gasteiger charge is -2.29. The number of benzene rings is 2. The van der Waals surface area contributed by atoms with Crippen LogP contribution in [0.15, 0.2) is 48.5 Å². The summed E-state index contributed by atoms with van der Waals surface area (Å²) >= 11 is 0. The van der Waals surface area contributed by atoms with Crippen molar-refractivity contribution in [2.75, 3.05) is 28.2 Å². The highest BCUT2D eigenvalue weighted by atomic mass is 16.2. The van der Waals surface area contributed by atoms with Crippen molar-refractivity contribution >= 4 is 34.8 Å². The molecule has 1 aliphatic carbocycles. The number of carbonyl (C=O) groups excluding carboxylic acids is 3. The van der Waals surface area contributed by atoms with Crippen LogP contribution in [0.4, 0.5) is 17.1 Å². The predicted molar refractivity (Wildman–Crippen MR) is 115 cm³/mol. The Morgan fingerprint density at radius 2 is 1.80 bits per heavy atom. The molecule has 2 fully saturated rings. The van der Waals surface area contributed by atoms with E-state index in [2.05, 4.69) is 5.32 Å². The lowest BCUT2D eigenvalue weighted by atomic mass is 9.84. The van der Waals surface area contributed by atoms with Gasteiger partial charge in [0, 0.05) is 42.5 Å². The van der Waals surface area contributed by atoms with Crippen molar-refractivity contribution in [1.82, 2.24) is 0 Å². The summed E-state index contributed by atoms with van der Waals surface area (Å²) in [6.45, 7) is 1.09. The molecule has 2 aliphatic heterocycles. The first-order valence-electron chi connectivity index (χ1n) is 10.7. The van der Waals surface area contributed by atoms with Crippen LogP contribution in [0.1, 0.15) is 31.2 Å². The number of amides is 3. The normalized spacial score (nSPS) is 20.8. The first-order chi connectivity index (χ1) is 14.6. The fourth-order valence-electron chi connectivity index (χ4n) is 4.56. The summed E-state index contributed by atoms with van der Waals surface area (Å²) < 4.78 is 0. The fourth-order valence-corrected chi connectivity index (χ4v) is 4.56. The molecular weight excluding hydrogens is 378 g/mol. The average molecular weight is 403 g/mol. The number of para-hydroxylation sites is 1. The van der Waals surface area contributed by atoms with E-state index in [-0.39, 0.29) is 36.0 Å². The zero-order chi connectivity index (χ0) is 20.7. The van der Waals surface area contributed by atoms with Crippen molar-refractivity contribution in [1.29, 1.82) is 0 Å². The molecule has 5 rings (SSSR count). The quantitative estimate of drug-likeness (QED) is 0.851. The molecule has 1 atom stereocenters. The maximum atomic E-state index is 12.7. The third-order valence-corrected chi connectivity index (χ3v) is 6.53. The van der Waals surface area contributed by atoms with E-state index in [1.165, 1.54) is 0 Å². The van der Waals surface area contributed by atoms with Crippen LogP contribution in [-0.4, -0.2) is 30.8 Å². The number of nitrogens with one attached hydrogen (secondary N) is 1. The number of anilines is 3. The first kappa shape index (κ1) is 18.9. The van der Waals surface area contributed by atoms with Gasteiger partial charge in [0.05, 0.1) is 5.92 Å². The number of hydrogen-bond acceptors (Lipinski definition) is 3. The maximum Gasteiger partial charge on any atom is 0.230 e. The lowest BCUT2D eigenvalue weighted by Crippen LogP contribution is -2.37. The van der Waals surface area contributed by atoms with Crippen molar-refractivity contribution in [3.05, 3.63) is 54.1 Å². The number of hydrogen-bond donors (Lipinski definition) is 1. The average Bonchev–Trinajstić information content (AvgIpc) is 3.30. The third-order valence-electron chi connectivity index (χ3n) is 6.53. The molecule has 0 aromatic heterocycles. The van der Waals surface area contributed by atoms with E-state index in [0.29, 0.717) is 13.1 Å². The fraction of sp³-hybridized carbons (Fsp3) is 0.375. The van der Waals surface area contributed by atoms with E-state index in [4.69, 9.17) is 0 Å². The summed E-state index contributed by atoms with van der Waals surface area (Å²) in [6, 6.07) is 15.2. The first-order valence-corrected chi connectivity index (χ1v) is 10.7. The Morgan fingerprint density at radius 3 is 2.53 bits per heavy atom. The Morgan fingerprint density at radius 1 is 1.00 bits per heavy atom. The van der Waals surface area contributed by atoms with Gasteiger partial charge in [0.25, 0.3) is 0 Å². The lowest BCUT2D eigenvalue weighted by molar-refractivity contribution is -0.124. The smallest absolute Gasteiger partial charge is 0.230 e. The summed E-state index contributed by atoms with van der Waals surface area (Å²) in [5.41, 5.74) is 3.62. The van der Waals surface area contributed by atoms with Crippen molar-refractivity contribution in [3.8, 4) is 0 Å². The minimum Gasteiger partial charge on any atom is -0.326 e. The number of fused-ring (bicyclic) bond motifs is 1. The van der Waals surface area contributed by atoms with Gasteiger partial charge >= 0.3 is 0 Å². The number of nitrogens with zero attached hydrogens (tertiary/aromatic N) is 2.